The van der Waals surface area contributed by atoms with Crippen molar-refractivity contribution in [2.45, 2.75) is 25.2 Å². The van der Waals surface area contributed by atoms with Gasteiger partial charge in [0, 0.05) is 12.1 Å². The quantitative estimate of drug-likeness (QED) is 0.862. The number of amides is 1. The standard InChI is InChI=1S/C12H8F6N2O/c13-11(14,15)4-3-10(21)20-8-2-1-7(6-19)9(5-8)12(16,17)18/h1-2,5H,3-4H2,(H,20,21). The average molecular weight is 310 g/mol. The van der Waals surface area contributed by atoms with Gasteiger partial charge >= 0.3 is 12.4 Å². The molecule has 1 amide bonds. The Hall–Kier alpha value is -2.24. The minimum atomic E-state index is -4.81. The summed E-state index contributed by atoms with van der Waals surface area (Å²) in [4.78, 5) is 11.2. The third-order valence-corrected chi connectivity index (χ3v) is 2.36. The smallest absolute Gasteiger partial charge is 0.326 e. The fourth-order valence-corrected chi connectivity index (χ4v) is 1.43. The first-order valence-corrected chi connectivity index (χ1v) is 5.51. The summed E-state index contributed by atoms with van der Waals surface area (Å²) < 4.78 is 73.7. The maximum Gasteiger partial charge on any atom is 0.417 e. The van der Waals surface area contributed by atoms with Crippen LogP contribution in [0.15, 0.2) is 18.2 Å². The molecule has 0 radical (unpaired) electrons. The third kappa shape index (κ3) is 5.33. The number of halogens is 6. The lowest BCUT2D eigenvalue weighted by molar-refractivity contribution is -0.142. The van der Waals surface area contributed by atoms with Crippen molar-refractivity contribution in [3.63, 3.8) is 0 Å². The van der Waals surface area contributed by atoms with Gasteiger partial charge in [-0.15, -0.1) is 0 Å². The fourth-order valence-electron chi connectivity index (χ4n) is 1.43. The number of benzene rings is 1. The van der Waals surface area contributed by atoms with Gasteiger partial charge in [0.25, 0.3) is 0 Å². The van der Waals surface area contributed by atoms with Gasteiger partial charge in [0.15, 0.2) is 0 Å². The van der Waals surface area contributed by atoms with Gasteiger partial charge in [-0.25, -0.2) is 0 Å². The van der Waals surface area contributed by atoms with E-state index in [2.05, 4.69) is 0 Å². The van der Waals surface area contributed by atoms with E-state index in [1.807, 2.05) is 5.32 Å². The number of anilines is 1. The molecule has 0 spiro atoms. The van der Waals surface area contributed by atoms with Crippen molar-refractivity contribution in [2.75, 3.05) is 5.32 Å². The number of hydrogen-bond acceptors (Lipinski definition) is 2. The van der Waals surface area contributed by atoms with Crippen LogP contribution < -0.4 is 5.32 Å². The van der Waals surface area contributed by atoms with Gasteiger partial charge in [-0.05, 0) is 18.2 Å². The Morgan fingerprint density at radius 2 is 1.81 bits per heavy atom. The Morgan fingerprint density at radius 3 is 2.29 bits per heavy atom. The monoisotopic (exact) mass is 310 g/mol. The Morgan fingerprint density at radius 1 is 1.19 bits per heavy atom. The molecule has 0 heterocycles. The molecule has 0 bridgehead atoms. The molecular weight excluding hydrogens is 302 g/mol. The van der Waals surface area contributed by atoms with Crippen molar-refractivity contribution in [1.29, 1.82) is 5.26 Å². The highest BCUT2D eigenvalue weighted by molar-refractivity contribution is 5.90. The van der Waals surface area contributed by atoms with Crippen LogP contribution in [0.5, 0.6) is 0 Å². The van der Waals surface area contributed by atoms with E-state index in [-0.39, 0.29) is 5.69 Å². The molecule has 1 aromatic rings. The molecule has 1 aromatic carbocycles. The van der Waals surface area contributed by atoms with Gasteiger partial charge in [-0.1, -0.05) is 0 Å². The minimum absolute atomic E-state index is 0.325. The topological polar surface area (TPSA) is 52.9 Å². The molecule has 0 aliphatic heterocycles. The first-order chi connectivity index (χ1) is 9.53. The number of rotatable bonds is 3. The van der Waals surface area contributed by atoms with E-state index in [4.69, 9.17) is 5.26 Å². The summed E-state index contributed by atoms with van der Waals surface area (Å²) in [6.45, 7) is 0. The Balaban J connectivity index is 2.87. The number of alkyl halides is 6. The van der Waals surface area contributed by atoms with Gasteiger partial charge in [-0.2, -0.15) is 31.6 Å². The Bertz CT molecular complexity index is 571. The number of hydrogen-bond donors (Lipinski definition) is 1. The van der Waals surface area contributed by atoms with Gasteiger partial charge in [0.05, 0.1) is 23.6 Å². The Labute approximate surface area is 115 Å². The zero-order valence-corrected chi connectivity index (χ0v) is 10.3. The van der Waals surface area contributed by atoms with Crippen LogP contribution in [0.25, 0.3) is 0 Å². The molecule has 0 saturated heterocycles. The second kappa shape index (κ2) is 6.03. The van der Waals surface area contributed by atoms with E-state index < -0.39 is 42.2 Å². The van der Waals surface area contributed by atoms with Crippen LogP contribution in [0.4, 0.5) is 32.0 Å². The van der Waals surface area contributed by atoms with Crippen LogP contribution in [0.3, 0.4) is 0 Å². The van der Waals surface area contributed by atoms with Gasteiger partial charge < -0.3 is 5.32 Å². The Kier molecular flexibility index (Phi) is 4.83. The number of carbonyl (C=O) groups is 1. The van der Waals surface area contributed by atoms with Gasteiger partial charge in [0.1, 0.15) is 0 Å². The van der Waals surface area contributed by atoms with Crippen LogP contribution in [-0.4, -0.2) is 12.1 Å². The molecule has 1 N–H and O–H groups in total. The summed E-state index contributed by atoms with van der Waals surface area (Å²) >= 11 is 0. The molecule has 0 aromatic heterocycles. The molecule has 0 aliphatic carbocycles. The first-order valence-electron chi connectivity index (χ1n) is 5.51. The molecule has 114 valence electrons. The van der Waals surface area contributed by atoms with Crippen LogP contribution in [0.1, 0.15) is 24.0 Å². The average Bonchev–Trinajstić information content (AvgIpc) is 2.34. The molecular formula is C12H8F6N2O. The summed E-state index contributed by atoms with van der Waals surface area (Å²) in [5.41, 5.74) is -2.23. The highest BCUT2D eigenvalue weighted by atomic mass is 19.4. The second-order valence-electron chi connectivity index (χ2n) is 4.03. The van der Waals surface area contributed by atoms with Crippen molar-refractivity contribution in [2.24, 2.45) is 0 Å². The zero-order valence-electron chi connectivity index (χ0n) is 10.3. The molecule has 0 fully saturated rings. The van der Waals surface area contributed by atoms with E-state index in [0.29, 0.717) is 6.07 Å². The summed E-state index contributed by atoms with van der Waals surface area (Å²) in [7, 11) is 0. The van der Waals surface area contributed by atoms with E-state index >= 15 is 0 Å². The highest BCUT2D eigenvalue weighted by Crippen LogP contribution is 2.33. The van der Waals surface area contributed by atoms with Crippen molar-refractivity contribution in [3.8, 4) is 6.07 Å². The van der Waals surface area contributed by atoms with E-state index in [1.54, 1.807) is 0 Å². The first kappa shape index (κ1) is 16.8. The molecule has 21 heavy (non-hydrogen) atoms. The van der Waals surface area contributed by atoms with E-state index in [9.17, 15) is 31.1 Å². The maximum absolute atomic E-state index is 12.6. The van der Waals surface area contributed by atoms with Crippen LogP contribution in [0, 0.1) is 11.3 Å². The predicted molar refractivity (Wildman–Crippen MR) is 60.1 cm³/mol. The zero-order chi connectivity index (χ0) is 16.3. The van der Waals surface area contributed by atoms with Crippen molar-refractivity contribution in [3.05, 3.63) is 29.3 Å². The van der Waals surface area contributed by atoms with Crippen molar-refractivity contribution < 1.29 is 31.1 Å². The number of carbonyl (C=O) groups excluding carboxylic acids is 1. The lowest BCUT2D eigenvalue weighted by Crippen LogP contribution is -2.17. The van der Waals surface area contributed by atoms with E-state index in [0.717, 1.165) is 12.1 Å². The number of nitrogens with one attached hydrogen (secondary N) is 1. The van der Waals surface area contributed by atoms with Crippen LogP contribution in [-0.2, 0) is 11.0 Å². The second-order valence-corrected chi connectivity index (χ2v) is 4.03. The lowest BCUT2D eigenvalue weighted by Gasteiger charge is -2.12. The largest absolute Gasteiger partial charge is 0.417 e. The number of nitriles is 1. The molecule has 0 unspecified atom stereocenters. The fraction of sp³-hybridized carbons (Fsp3) is 0.333. The highest BCUT2D eigenvalue weighted by Gasteiger charge is 2.34. The molecule has 1 rings (SSSR count). The molecule has 9 heteroatoms. The van der Waals surface area contributed by atoms with Crippen LogP contribution in [0.2, 0.25) is 0 Å². The van der Waals surface area contributed by atoms with Crippen molar-refractivity contribution >= 4 is 11.6 Å². The summed E-state index contributed by atoms with van der Waals surface area (Å²) in [5, 5.41) is 10.5. The van der Waals surface area contributed by atoms with Crippen molar-refractivity contribution in [1.82, 2.24) is 0 Å². The third-order valence-electron chi connectivity index (χ3n) is 2.36. The summed E-state index contributed by atoms with van der Waals surface area (Å²) in [5.74, 6) is -1.06. The predicted octanol–water partition coefficient (Wildman–Crippen LogP) is 3.86. The molecule has 0 saturated carbocycles. The van der Waals surface area contributed by atoms with Crippen LogP contribution >= 0.6 is 0 Å². The minimum Gasteiger partial charge on any atom is -0.326 e. The lowest BCUT2D eigenvalue weighted by atomic mass is 10.1. The molecule has 0 atom stereocenters. The van der Waals surface area contributed by atoms with Gasteiger partial charge in [-0.3, -0.25) is 4.79 Å². The maximum atomic E-state index is 12.6. The summed E-state index contributed by atoms with van der Waals surface area (Å²) in [6.07, 6.45) is -11.6. The molecule has 0 aliphatic rings. The number of nitrogens with zero attached hydrogens (tertiary/aromatic N) is 1. The summed E-state index contributed by atoms with van der Waals surface area (Å²) in [6, 6.07) is 3.70. The normalized spacial score (nSPS) is 11.9. The van der Waals surface area contributed by atoms with E-state index in [1.165, 1.54) is 6.07 Å². The van der Waals surface area contributed by atoms with Gasteiger partial charge in [0.2, 0.25) is 5.91 Å². The SMILES string of the molecule is N#Cc1ccc(NC(=O)CCC(F)(F)F)cc1C(F)(F)F. The molecule has 3 nitrogen and oxygen atoms in total.